The van der Waals surface area contributed by atoms with Gasteiger partial charge in [-0.05, 0) is 0 Å². The van der Waals surface area contributed by atoms with Crippen LogP contribution in [0.3, 0.4) is 0 Å². The van der Waals surface area contributed by atoms with E-state index in [0.29, 0.717) is 0 Å². The van der Waals surface area contributed by atoms with Gasteiger partial charge in [-0.1, -0.05) is 0 Å². The van der Waals surface area contributed by atoms with Gasteiger partial charge in [0, 0.05) is 0 Å². The van der Waals surface area contributed by atoms with Gasteiger partial charge in [-0.15, -0.1) is 0 Å². The molecule has 0 aliphatic carbocycles. The van der Waals surface area contributed by atoms with Gasteiger partial charge in [0.1, 0.15) is 0 Å². The van der Waals surface area contributed by atoms with Crippen molar-refractivity contribution >= 4 is 20.1 Å². The molecular formula is C5H10N2Se. The average molecular weight is 177 g/mol. The molecule has 0 radical (unpaired) electrons. The second kappa shape index (κ2) is 2.17. The summed E-state index contributed by atoms with van der Waals surface area (Å²) in [5.74, 6) is 0. The molecule has 0 amide bonds. The Balaban J connectivity index is 2.56. The zero-order valence-corrected chi connectivity index (χ0v) is 6.93. The SMILES string of the molecule is CN1CCC(=[Se])N1C. The first-order valence-electron chi connectivity index (χ1n) is 2.69. The molecule has 0 aromatic carbocycles. The molecule has 0 aromatic heterocycles. The molecule has 1 rings (SSSR count). The van der Waals surface area contributed by atoms with Gasteiger partial charge in [-0.2, -0.15) is 0 Å². The summed E-state index contributed by atoms with van der Waals surface area (Å²) < 4.78 is 1.34. The number of hydrogen-bond donors (Lipinski definition) is 0. The summed E-state index contributed by atoms with van der Waals surface area (Å²) in [6.07, 6.45) is 1.17. The average Bonchev–Trinajstić information content (AvgIpc) is 1.98. The van der Waals surface area contributed by atoms with Gasteiger partial charge in [0.25, 0.3) is 0 Å². The van der Waals surface area contributed by atoms with Crippen LogP contribution in [0.2, 0.25) is 0 Å². The van der Waals surface area contributed by atoms with Crippen LogP contribution in [0.1, 0.15) is 6.42 Å². The molecule has 0 spiro atoms. The molecule has 0 unspecified atom stereocenters. The summed E-state index contributed by atoms with van der Waals surface area (Å²) in [5.41, 5.74) is 0. The third-order valence-electron chi connectivity index (χ3n) is 1.52. The van der Waals surface area contributed by atoms with E-state index in [1.807, 2.05) is 0 Å². The van der Waals surface area contributed by atoms with Crippen LogP contribution in [-0.4, -0.2) is 50.8 Å². The summed E-state index contributed by atoms with van der Waals surface area (Å²) >= 11 is 3.02. The van der Waals surface area contributed by atoms with E-state index in [2.05, 4.69) is 39.7 Å². The van der Waals surface area contributed by atoms with Gasteiger partial charge in [-0.3, -0.25) is 0 Å². The van der Waals surface area contributed by atoms with Crippen molar-refractivity contribution in [1.29, 1.82) is 0 Å². The van der Waals surface area contributed by atoms with Crippen LogP contribution < -0.4 is 0 Å². The van der Waals surface area contributed by atoms with Crippen LogP contribution >= 0.6 is 0 Å². The molecule has 0 aromatic rings. The van der Waals surface area contributed by atoms with Crippen LogP contribution in [0.25, 0.3) is 0 Å². The predicted molar refractivity (Wildman–Crippen MR) is 35.8 cm³/mol. The van der Waals surface area contributed by atoms with E-state index in [9.17, 15) is 0 Å². The van der Waals surface area contributed by atoms with E-state index >= 15 is 0 Å². The zero-order chi connectivity index (χ0) is 6.15. The first-order valence-corrected chi connectivity index (χ1v) is 3.55. The molecule has 8 heavy (non-hydrogen) atoms. The summed E-state index contributed by atoms with van der Waals surface area (Å²) in [6.45, 7) is 1.15. The Morgan fingerprint density at radius 1 is 1.50 bits per heavy atom. The number of hydrogen-bond acceptors (Lipinski definition) is 2. The molecule has 1 aliphatic rings. The third kappa shape index (κ3) is 0.943. The van der Waals surface area contributed by atoms with E-state index in [-0.39, 0.29) is 0 Å². The van der Waals surface area contributed by atoms with Crippen LogP contribution in [0.5, 0.6) is 0 Å². The van der Waals surface area contributed by atoms with Crippen molar-refractivity contribution < 1.29 is 0 Å². The van der Waals surface area contributed by atoms with Gasteiger partial charge >= 0.3 is 57.2 Å². The molecule has 1 heterocycles. The molecule has 0 bridgehead atoms. The van der Waals surface area contributed by atoms with E-state index in [0.717, 1.165) is 6.54 Å². The fourth-order valence-electron chi connectivity index (χ4n) is 0.760. The van der Waals surface area contributed by atoms with E-state index < -0.39 is 0 Å². The molecule has 0 atom stereocenters. The molecule has 1 saturated heterocycles. The second-order valence-electron chi connectivity index (χ2n) is 2.05. The Morgan fingerprint density at radius 2 is 2.12 bits per heavy atom. The molecule has 0 N–H and O–H groups in total. The van der Waals surface area contributed by atoms with Crippen molar-refractivity contribution in [3.8, 4) is 0 Å². The maximum atomic E-state index is 3.02. The van der Waals surface area contributed by atoms with Crippen LogP contribution in [0, 0.1) is 0 Å². The fraction of sp³-hybridized carbons (Fsp3) is 0.800. The third-order valence-corrected chi connectivity index (χ3v) is 2.50. The van der Waals surface area contributed by atoms with E-state index in [4.69, 9.17) is 0 Å². The monoisotopic (exact) mass is 178 g/mol. The normalized spacial score (nSPS) is 22.8. The standard InChI is InChI=1S/C5H10N2Se/c1-6-4-3-5(8)7(6)2/h3-4H2,1-2H3. The second-order valence-corrected chi connectivity index (χ2v) is 3.04. The minimum atomic E-state index is 1.15. The van der Waals surface area contributed by atoms with Crippen LogP contribution in [-0.2, 0) is 0 Å². The Labute approximate surface area is 57.8 Å². The maximum absolute atomic E-state index is 3.02. The fourth-order valence-corrected chi connectivity index (χ4v) is 1.24. The summed E-state index contributed by atoms with van der Waals surface area (Å²) in [5, 5.41) is 4.33. The topological polar surface area (TPSA) is 6.48 Å². The Hall–Kier alpha value is 0.149. The van der Waals surface area contributed by atoms with Crippen molar-refractivity contribution in [3.05, 3.63) is 0 Å². The van der Waals surface area contributed by atoms with Crippen LogP contribution in [0.15, 0.2) is 0 Å². The van der Waals surface area contributed by atoms with Gasteiger partial charge in [0.05, 0.1) is 0 Å². The number of hydrazine groups is 1. The predicted octanol–water partition coefficient (Wildman–Crippen LogP) is -0.533. The summed E-state index contributed by atoms with van der Waals surface area (Å²) in [4.78, 5) is 0. The zero-order valence-electron chi connectivity index (χ0n) is 5.22. The quantitative estimate of drug-likeness (QED) is 0.459. The van der Waals surface area contributed by atoms with Crippen molar-refractivity contribution in [2.75, 3.05) is 20.6 Å². The number of rotatable bonds is 0. The van der Waals surface area contributed by atoms with Crippen LogP contribution in [0.4, 0.5) is 0 Å². The first kappa shape index (κ1) is 6.27. The Morgan fingerprint density at radius 3 is 2.25 bits per heavy atom. The molecule has 3 heteroatoms. The van der Waals surface area contributed by atoms with Gasteiger partial charge in [0.15, 0.2) is 0 Å². The van der Waals surface area contributed by atoms with Crippen molar-refractivity contribution in [3.63, 3.8) is 0 Å². The summed E-state index contributed by atoms with van der Waals surface area (Å²) in [6, 6.07) is 0. The molecule has 2 nitrogen and oxygen atoms in total. The molecule has 0 saturated carbocycles. The first-order chi connectivity index (χ1) is 3.72. The molecular weight excluding hydrogens is 167 g/mol. The van der Waals surface area contributed by atoms with Crippen molar-refractivity contribution in [2.45, 2.75) is 6.42 Å². The van der Waals surface area contributed by atoms with E-state index in [1.165, 1.54) is 11.0 Å². The minimum absolute atomic E-state index is 1.15. The number of nitrogens with zero attached hydrogens (tertiary/aromatic N) is 2. The van der Waals surface area contributed by atoms with Gasteiger partial charge < -0.3 is 0 Å². The summed E-state index contributed by atoms with van der Waals surface area (Å²) in [7, 11) is 4.16. The van der Waals surface area contributed by atoms with Gasteiger partial charge in [0.2, 0.25) is 0 Å². The van der Waals surface area contributed by atoms with Gasteiger partial charge in [-0.25, -0.2) is 0 Å². The molecule has 46 valence electrons. The Kier molecular flexibility index (Phi) is 1.71. The molecule has 1 aliphatic heterocycles. The van der Waals surface area contributed by atoms with Crippen molar-refractivity contribution in [2.24, 2.45) is 0 Å². The van der Waals surface area contributed by atoms with E-state index in [1.54, 1.807) is 0 Å². The van der Waals surface area contributed by atoms with Crippen molar-refractivity contribution in [1.82, 2.24) is 10.0 Å². The Bertz CT molecular complexity index is 113. The molecule has 1 fully saturated rings.